The third-order valence-electron chi connectivity index (χ3n) is 2.07. The van der Waals surface area contributed by atoms with Gasteiger partial charge in [0.1, 0.15) is 5.82 Å². The molecule has 0 bridgehead atoms. The molecule has 1 nitrogen and oxygen atoms in total. The lowest BCUT2D eigenvalue weighted by molar-refractivity contribution is 0.604. The number of aliphatic imine (C=N–C) groups is 1. The summed E-state index contributed by atoms with van der Waals surface area (Å²) in [5.74, 6) is -0.158. The molecule has 1 aromatic carbocycles. The minimum atomic E-state index is -0.158. The first-order valence-corrected chi connectivity index (χ1v) is 5.55. The van der Waals surface area contributed by atoms with Crippen molar-refractivity contribution in [3.05, 3.63) is 35.0 Å². The number of hydrogen-bond donors (Lipinski definition) is 0. The van der Waals surface area contributed by atoms with Gasteiger partial charge in [-0.1, -0.05) is 18.3 Å². The summed E-state index contributed by atoms with van der Waals surface area (Å²) in [4.78, 5) is 5.07. The van der Waals surface area contributed by atoms with Crippen LogP contribution in [0.4, 0.5) is 10.1 Å². The zero-order valence-corrected chi connectivity index (χ0v) is 9.99. The second kappa shape index (κ2) is 5.12. The van der Waals surface area contributed by atoms with E-state index >= 15 is 0 Å². The fourth-order valence-corrected chi connectivity index (χ4v) is 2.05. The van der Waals surface area contributed by atoms with Crippen LogP contribution in [0.25, 0.3) is 0 Å². The van der Waals surface area contributed by atoms with Crippen molar-refractivity contribution in [2.75, 3.05) is 0 Å². The standard InChI is InChI=1S/C12H14FNS/c1-5-14-10-7-8(3)11(13)9(4)12(10)15-6-2/h5-7H,2H2,1,3-4H3/b14-5+. The maximum atomic E-state index is 13.6. The van der Waals surface area contributed by atoms with Crippen LogP contribution in [-0.2, 0) is 0 Å². The molecule has 0 atom stereocenters. The molecule has 0 saturated carbocycles. The van der Waals surface area contributed by atoms with Crippen molar-refractivity contribution >= 4 is 23.7 Å². The Hall–Kier alpha value is -1.09. The highest BCUT2D eigenvalue weighted by molar-refractivity contribution is 8.02. The zero-order valence-electron chi connectivity index (χ0n) is 9.17. The average molecular weight is 223 g/mol. The van der Waals surface area contributed by atoms with Crippen LogP contribution < -0.4 is 0 Å². The van der Waals surface area contributed by atoms with Crippen LogP contribution in [0, 0.1) is 19.7 Å². The minimum Gasteiger partial charge on any atom is -0.260 e. The molecule has 0 aliphatic carbocycles. The molecule has 0 aliphatic rings. The van der Waals surface area contributed by atoms with Gasteiger partial charge in [0, 0.05) is 16.7 Å². The Bertz CT molecular complexity index is 411. The van der Waals surface area contributed by atoms with Crippen LogP contribution in [0.5, 0.6) is 0 Å². The highest BCUT2D eigenvalue weighted by Gasteiger charge is 2.11. The van der Waals surface area contributed by atoms with Gasteiger partial charge in [-0.3, -0.25) is 4.99 Å². The first-order valence-electron chi connectivity index (χ1n) is 4.67. The summed E-state index contributed by atoms with van der Waals surface area (Å²) >= 11 is 1.40. The highest BCUT2D eigenvalue weighted by Crippen LogP contribution is 2.36. The molecule has 1 aromatic rings. The SMILES string of the molecule is C=CSc1c(/N=C/C)cc(C)c(F)c1C. The van der Waals surface area contributed by atoms with E-state index in [2.05, 4.69) is 11.6 Å². The van der Waals surface area contributed by atoms with E-state index in [9.17, 15) is 4.39 Å². The van der Waals surface area contributed by atoms with Crippen molar-refractivity contribution in [2.24, 2.45) is 4.99 Å². The number of halogens is 1. The first kappa shape index (κ1) is 12.0. The van der Waals surface area contributed by atoms with Gasteiger partial charge in [-0.25, -0.2) is 4.39 Å². The number of rotatable bonds is 3. The smallest absolute Gasteiger partial charge is 0.130 e. The van der Waals surface area contributed by atoms with Gasteiger partial charge in [-0.05, 0) is 37.8 Å². The average Bonchev–Trinajstić information content (AvgIpc) is 2.21. The second-order valence-electron chi connectivity index (χ2n) is 3.15. The third-order valence-corrected chi connectivity index (χ3v) is 2.99. The number of nitrogens with zero attached hydrogens (tertiary/aromatic N) is 1. The minimum absolute atomic E-state index is 0.158. The first-order chi connectivity index (χ1) is 7.11. The van der Waals surface area contributed by atoms with E-state index in [1.807, 2.05) is 6.92 Å². The van der Waals surface area contributed by atoms with Crippen LogP contribution in [0.1, 0.15) is 18.1 Å². The van der Waals surface area contributed by atoms with Gasteiger partial charge in [0.2, 0.25) is 0 Å². The fraction of sp³-hybridized carbons (Fsp3) is 0.250. The van der Waals surface area contributed by atoms with Crippen molar-refractivity contribution in [2.45, 2.75) is 25.7 Å². The zero-order chi connectivity index (χ0) is 11.4. The van der Waals surface area contributed by atoms with Gasteiger partial charge in [-0.15, -0.1) is 0 Å². The van der Waals surface area contributed by atoms with Crippen LogP contribution in [0.15, 0.2) is 27.9 Å². The Morgan fingerprint density at radius 2 is 2.13 bits per heavy atom. The fourth-order valence-electron chi connectivity index (χ4n) is 1.39. The molecular weight excluding hydrogens is 209 g/mol. The van der Waals surface area contributed by atoms with E-state index in [4.69, 9.17) is 0 Å². The molecule has 0 spiro atoms. The highest BCUT2D eigenvalue weighted by atomic mass is 32.2. The topological polar surface area (TPSA) is 12.4 Å². The molecule has 0 radical (unpaired) electrons. The lowest BCUT2D eigenvalue weighted by atomic mass is 10.1. The molecule has 0 saturated heterocycles. The van der Waals surface area contributed by atoms with E-state index in [0.29, 0.717) is 11.1 Å². The lowest BCUT2D eigenvalue weighted by Crippen LogP contribution is -1.91. The number of hydrogen-bond acceptors (Lipinski definition) is 2. The number of thioether (sulfide) groups is 1. The summed E-state index contributed by atoms with van der Waals surface area (Å²) < 4.78 is 13.6. The Morgan fingerprint density at radius 1 is 1.47 bits per heavy atom. The molecule has 80 valence electrons. The Kier molecular flexibility index (Phi) is 4.09. The molecule has 0 unspecified atom stereocenters. The molecule has 0 N–H and O–H groups in total. The van der Waals surface area contributed by atoms with Crippen molar-refractivity contribution in [1.29, 1.82) is 0 Å². The summed E-state index contributed by atoms with van der Waals surface area (Å²) in [6, 6.07) is 1.76. The van der Waals surface area contributed by atoms with E-state index in [1.54, 1.807) is 31.5 Å². The maximum absolute atomic E-state index is 13.6. The van der Waals surface area contributed by atoms with Crippen LogP contribution in [0.2, 0.25) is 0 Å². The van der Waals surface area contributed by atoms with E-state index in [0.717, 1.165) is 10.6 Å². The summed E-state index contributed by atoms with van der Waals surface area (Å²) in [6.07, 6.45) is 1.71. The summed E-state index contributed by atoms with van der Waals surface area (Å²) in [5.41, 5.74) is 2.07. The normalized spacial score (nSPS) is 10.9. The van der Waals surface area contributed by atoms with E-state index in [-0.39, 0.29) is 5.82 Å². The second-order valence-corrected chi connectivity index (χ2v) is 4.13. The predicted molar refractivity (Wildman–Crippen MR) is 65.8 cm³/mol. The monoisotopic (exact) mass is 223 g/mol. The number of benzene rings is 1. The Balaban J connectivity index is 3.42. The molecule has 15 heavy (non-hydrogen) atoms. The van der Waals surface area contributed by atoms with Gasteiger partial charge in [0.25, 0.3) is 0 Å². The third kappa shape index (κ3) is 2.48. The van der Waals surface area contributed by atoms with Crippen LogP contribution in [0.3, 0.4) is 0 Å². The molecule has 0 aromatic heterocycles. The van der Waals surface area contributed by atoms with E-state index < -0.39 is 0 Å². The summed E-state index contributed by atoms with van der Waals surface area (Å²) in [6.45, 7) is 9.00. The van der Waals surface area contributed by atoms with Crippen molar-refractivity contribution in [1.82, 2.24) is 0 Å². The van der Waals surface area contributed by atoms with Crippen LogP contribution >= 0.6 is 11.8 Å². The van der Waals surface area contributed by atoms with Gasteiger partial charge >= 0.3 is 0 Å². The largest absolute Gasteiger partial charge is 0.260 e. The van der Waals surface area contributed by atoms with Gasteiger partial charge in [0.05, 0.1) is 5.69 Å². The molecule has 0 amide bonds. The molecule has 0 fully saturated rings. The molecule has 0 heterocycles. The molecule has 3 heteroatoms. The Labute approximate surface area is 94.1 Å². The van der Waals surface area contributed by atoms with Crippen molar-refractivity contribution < 1.29 is 4.39 Å². The van der Waals surface area contributed by atoms with Crippen molar-refractivity contribution in [3.63, 3.8) is 0 Å². The molecular formula is C12H14FNS. The number of aryl methyl sites for hydroxylation is 1. The molecule has 1 rings (SSSR count). The van der Waals surface area contributed by atoms with Gasteiger partial charge in [-0.2, -0.15) is 0 Å². The summed E-state index contributed by atoms with van der Waals surface area (Å²) in [5, 5.41) is 1.69. The van der Waals surface area contributed by atoms with Crippen molar-refractivity contribution in [3.8, 4) is 0 Å². The Morgan fingerprint density at radius 3 is 2.67 bits per heavy atom. The van der Waals surface area contributed by atoms with Crippen LogP contribution in [-0.4, -0.2) is 6.21 Å². The van der Waals surface area contributed by atoms with E-state index in [1.165, 1.54) is 11.8 Å². The molecule has 0 aliphatic heterocycles. The predicted octanol–water partition coefficient (Wildman–Crippen LogP) is 4.40. The quantitative estimate of drug-likeness (QED) is 0.546. The summed E-state index contributed by atoms with van der Waals surface area (Å²) in [7, 11) is 0. The van der Waals surface area contributed by atoms with Gasteiger partial charge in [0.15, 0.2) is 0 Å². The maximum Gasteiger partial charge on any atom is 0.130 e. The van der Waals surface area contributed by atoms with Gasteiger partial charge < -0.3 is 0 Å². The lowest BCUT2D eigenvalue weighted by Gasteiger charge is -2.10.